The molecule has 2 aliphatic rings. The molecule has 10 aromatic carbocycles. The third-order valence-corrected chi connectivity index (χ3v) is 13.4. The average Bonchev–Trinajstić information content (AvgIpc) is 4.12. The van der Waals surface area contributed by atoms with Crippen molar-refractivity contribution in [1.29, 1.82) is 10.5 Å². The Morgan fingerprint density at radius 2 is 0.486 bits per heavy atom. The fourth-order valence-corrected chi connectivity index (χ4v) is 9.96. The summed E-state index contributed by atoms with van der Waals surface area (Å²) in [5.74, 6) is 2.32. The van der Waals surface area contributed by atoms with E-state index >= 15 is 0 Å². The SMILES string of the molecule is N#Cc1cc2ccccc2cc1C#N.c1ccc2cc3c(cc2c1)-c1nc-3nc2[nH]c(nc3nc(nc4[nH]c(n1)c1cc5ccccc5cc41)-c1cc4ccccc4cc1-3)c1cc3ccccc3cc21. The number of fused-ring (bicyclic) bond motifs is 25. The molecule has 5 heterocycles. The molecule has 0 radical (unpaired) electrons. The average molecular weight is 893 g/mol. The van der Waals surface area contributed by atoms with Crippen LogP contribution in [0.1, 0.15) is 11.1 Å². The van der Waals surface area contributed by atoms with Crippen molar-refractivity contribution in [3.8, 4) is 57.7 Å². The van der Waals surface area contributed by atoms with Crippen molar-refractivity contribution in [2.24, 2.45) is 0 Å². The van der Waals surface area contributed by atoms with Gasteiger partial charge in [-0.1, -0.05) is 121 Å². The monoisotopic (exact) mass is 892 g/mol. The maximum absolute atomic E-state index is 8.81. The van der Waals surface area contributed by atoms with E-state index in [0.717, 1.165) is 97.7 Å². The van der Waals surface area contributed by atoms with Crippen molar-refractivity contribution < 1.29 is 0 Å². The Labute approximate surface area is 397 Å². The second-order valence-electron chi connectivity index (χ2n) is 17.6. The Morgan fingerprint density at radius 1 is 0.271 bits per heavy atom. The molecule has 10 nitrogen and oxygen atoms in total. The van der Waals surface area contributed by atoms with Gasteiger partial charge in [0.05, 0.1) is 11.1 Å². The first kappa shape index (κ1) is 39.0. The fourth-order valence-electron chi connectivity index (χ4n) is 9.96. The fraction of sp³-hybridized carbons (Fsp3) is 0. The molecule has 10 heteroatoms. The van der Waals surface area contributed by atoms with E-state index in [9.17, 15) is 0 Å². The Hall–Kier alpha value is -10.2. The van der Waals surface area contributed by atoms with E-state index in [2.05, 4.69) is 156 Å². The molecule has 0 saturated carbocycles. The van der Waals surface area contributed by atoms with Gasteiger partial charge in [-0.05, 0) is 115 Å². The molecule has 2 aliphatic heterocycles. The molecule has 13 aromatic rings. The molecule has 3 aromatic heterocycles. The lowest BCUT2D eigenvalue weighted by Gasteiger charge is -2.03. The van der Waals surface area contributed by atoms with Crippen molar-refractivity contribution in [1.82, 2.24) is 39.9 Å². The minimum Gasteiger partial charge on any atom is -0.324 e. The van der Waals surface area contributed by atoms with Gasteiger partial charge in [0, 0.05) is 43.8 Å². The number of aromatic nitrogens is 8. The van der Waals surface area contributed by atoms with E-state index in [1.807, 2.05) is 36.4 Å². The first-order valence-corrected chi connectivity index (χ1v) is 22.8. The summed E-state index contributed by atoms with van der Waals surface area (Å²) in [4.78, 5) is 38.8. The topological polar surface area (TPSA) is 156 Å². The van der Waals surface area contributed by atoms with Crippen LogP contribution in [0, 0.1) is 22.7 Å². The molecule has 0 unspecified atom stereocenters. The van der Waals surface area contributed by atoms with Gasteiger partial charge in [0.15, 0.2) is 23.3 Å². The van der Waals surface area contributed by atoms with Crippen molar-refractivity contribution in [3.05, 3.63) is 193 Å². The standard InChI is InChI=1S/C48H26N8.C12H6N2/c1-2-10-26-18-34-33(17-25(26)9-1)41-49-42(34)54-44-37-21-29-13-5-6-14-30(29)22-38(37)46(51-44)56-48-40-24-32-16-8-7-15-31(32)23-39(40)47(52-48)55-45-36-20-28-12-4-3-11-27(28)19-35(36)43(50-45)53-41;13-7-11-5-9-3-1-2-4-10(9)6-12(11)8-14/h1-24H,(H2,49,50,51,52,53,54,55,56);1-6H. The number of nitriles is 2. The van der Waals surface area contributed by atoms with Crippen molar-refractivity contribution in [2.45, 2.75) is 0 Å². The number of nitrogens with zero attached hydrogens (tertiary/aromatic N) is 8. The molecule has 0 fully saturated rings. The van der Waals surface area contributed by atoms with Crippen LogP contribution >= 0.6 is 0 Å². The lowest BCUT2D eigenvalue weighted by Crippen LogP contribution is -1.84. The Balaban J connectivity index is 0.000000284. The normalized spacial score (nSPS) is 11.7. The maximum Gasteiger partial charge on any atom is 0.164 e. The molecule has 0 amide bonds. The summed E-state index contributed by atoms with van der Waals surface area (Å²) in [7, 11) is 0. The van der Waals surface area contributed by atoms with Crippen LogP contribution in [0.4, 0.5) is 0 Å². The maximum atomic E-state index is 8.81. The largest absolute Gasteiger partial charge is 0.324 e. The van der Waals surface area contributed by atoms with Crippen LogP contribution in [0.3, 0.4) is 0 Å². The van der Waals surface area contributed by atoms with E-state index in [4.69, 9.17) is 40.4 Å². The summed E-state index contributed by atoms with van der Waals surface area (Å²) in [6.45, 7) is 0. The van der Waals surface area contributed by atoms with Crippen LogP contribution in [0.2, 0.25) is 0 Å². The van der Waals surface area contributed by atoms with Gasteiger partial charge in [0.25, 0.3) is 0 Å². The molecule has 0 spiro atoms. The molecular weight excluding hydrogens is 861 g/mol. The second kappa shape index (κ2) is 15.2. The number of H-pyrrole nitrogens is 2. The van der Waals surface area contributed by atoms with E-state index in [1.165, 1.54) is 0 Å². The Kier molecular flexibility index (Phi) is 8.47. The van der Waals surface area contributed by atoms with Gasteiger partial charge in [-0.3, -0.25) is 0 Å². The van der Waals surface area contributed by atoms with Gasteiger partial charge < -0.3 is 9.97 Å². The van der Waals surface area contributed by atoms with E-state index < -0.39 is 0 Å². The van der Waals surface area contributed by atoms with Crippen molar-refractivity contribution >= 4 is 98.0 Å². The number of rotatable bonds is 0. The second-order valence-corrected chi connectivity index (χ2v) is 17.6. The Bertz CT molecular complexity index is 4180. The van der Waals surface area contributed by atoms with E-state index in [1.54, 1.807) is 12.1 Å². The number of hydrogen-bond donors (Lipinski definition) is 2. The van der Waals surface area contributed by atoms with Crippen LogP contribution in [0.5, 0.6) is 0 Å². The van der Waals surface area contributed by atoms with Crippen LogP contribution < -0.4 is 0 Å². The highest BCUT2D eigenvalue weighted by Gasteiger charge is 2.24. The Morgan fingerprint density at radius 3 is 0.714 bits per heavy atom. The smallest absolute Gasteiger partial charge is 0.164 e. The van der Waals surface area contributed by atoms with E-state index in [0.29, 0.717) is 57.0 Å². The highest BCUT2D eigenvalue weighted by atomic mass is 15.1. The van der Waals surface area contributed by atoms with Gasteiger partial charge in [-0.2, -0.15) is 10.5 Å². The zero-order chi connectivity index (χ0) is 46.5. The van der Waals surface area contributed by atoms with Crippen LogP contribution in [-0.4, -0.2) is 39.9 Å². The minimum atomic E-state index is 0.436. The number of aromatic amines is 2. The molecule has 15 rings (SSSR count). The first-order chi connectivity index (χ1) is 34.5. The lowest BCUT2D eigenvalue weighted by molar-refractivity contribution is 1.19. The van der Waals surface area contributed by atoms with Gasteiger partial charge in [-0.15, -0.1) is 0 Å². The third-order valence-electron chi connectivity index (χ3n) is 13.4. The van der Waals surface area contributed by atoms with Crippen molar-refractivity contribution in [3.63, 3.8) is 0 Å². The minimum absolute atomic E-state index is 0.436. The zero-order valence-electron chi connectivity index (χ0n) is 36.9. The van der Waals surface area contributed by atoms with E-state index in [-0.39, 0.29) is 0 Å². The van der Waals surface area contributed by atoms with Crippen LogP contribution in [-0.2, 0) is 0 Å². The number of hydrogen-bond acceptors (Lipinski definition) is 8. The first-order valence-electron chi connectivity index (χ1n) is 22.8. The molecule has 2 N–H and O–H groups in total. The van der Waals surface area contributed by atoms with Gasteiger partial charge in [-0.25, -0.2) is 29.9 Å². The lowest BCUT2D eigenvalue weighted by atomic mass is 10.0. The van der Waals surface area contributed by atoms with Crippen LogP contribution in [0.25, 0.3) is 144 Å². The molecule has 0 aliphatic carbocycles. The van der Waals surface area contributed by atoms with Crippen molar-refractivity contribution in [2.75, 3.05) is 0 Å². The molecule has 8 bridgehead atoms. The molecule has 70 heavy (non-hydrogen) atoms. The molecule has 0 atom stereocenters. The van der Waals surface area contributed by atoms with Gasteiger partial charge >= 0.3 is 0 Å². The van der Waals surface area contributed by atoms with Gasteiger partial charge in [0.1, 0.15) is 34.7 Å². The zero-order valence-corrected chi connectivity index (χ0v) is 36.9. The predicted molar refractivity (Wildman–Crippen MR) is 279 cm³/mol. The number of nitrogens with one attached hydrogen (secondary N) is 2. The highest BCUT2D eigenvalue weighted by Crippen LogP contribution is 2.41. The summed E-state index contributed by atoms with van der Waals surface area (Å²) in [6, 6.07) is 66.1. The highest BCUT2D eigenvalue weighted by molar-refractivity contribution is 6.13. The summed E-state index contributed by atoms with van der Waals surface area (Å²) in [5, 5.41) is 32.2. The number of benzene rings is 10. The summed E-state index contributed by atoms with van der Waals surface area (Å²) in [5.41, 5.74) is 7.21. The summed E-state index contributed by atoms with van der Waals surface area (Å²) < 4.78 is 0. The van der Waals surface area contributed by atoms with Gasteiger partial charge in [0.2, 0.25) is 0 Å². The summed E-state index contributed by atoms with van der Waals surface area (Å²) >= 11 is 0. The molecule has 0 saturated heterocycles. The quantitative estimate of drug-likeness (QED) is 0.152. The summed E-state index contributed by atoms with van der Waals surface area (Å²) in [6.07, 6.45) is 0. The molecular formula is C60H32N10. The molecule has 322 valence electrons. The predicted octanol–water partition coefficient (Wildman–Crippen LogP) is 14.1. The van der Waals surface area contributed by atoms with Crippen LogP contribution in [0.15, 0.2) is 182 Å². The third kappa shape index (κ3) is 6.26.